The predicted octanol–water partition coefficient (Wildman–Crippen LogP) is 4.02. The highest BCUT2D eigenvalue weighted by Crippen LogP contribution is 2.39. The van der Waals surface area contributed by atoms with Crippen LogP contribution in [0.25, 0.3) is 0 Å². The minimum Gasteiger partial charge on any atom is -0.474 e. The topological polar surface area (TPSA) is 117 Å². The summed E-state index contributed by atoms with van der Waals surface area (Å²) in [4.78, 5) is 11.5. The van der Waals surface area contributed by atoms with E-state index in [9.17, 15) is 0 Å². The van der Waals surface area contributed by atoms with E-state index >= 15 is 0 Å². The fourth-order valence-electron chi connectivity index (χ4n) is 3.89. The summed E-state index contributed by atoms with van der Waals surface area (Å²) in [5.41, 5.74) is 2.10. The van der Waals surface area contributed by atoms with Crippen molar-refractivity contribution in [1.29, 1.82) is 0 Å². The van der Waals surface area contributed by atoms with Crippen LogP contribution in [0.1, 0.15) is 68.5 Å². The molecule has 3 aromatic rings. The first-order valence-electron chi connectivity index (χ1n) is 11.8. The minimum atomic E-state index is 0.145. The zero-order valence-corrected chi connectivity index (χ0v) is 19.5. The Morgan fingerprint density at radius 3 is 2.67 bits per heavy atom. The molecule has 10 nitrogen and oxygen atoms in total. The van der Waals surface area contributed by atoms with Gasteiger partial charge in [0.05, 0.1) is 12.2 Å². The molecule has 1 aliphatic carbocycles. The van der Waals surface area contributed by atoms with Gasteiger partial charge in [0.15, 0.2) is 11.6 Å². The lowest BCUT2D eigenvalue weighted by atomic mass is 10.1. The molecule has 0 radical (unpaired) electrons. The van der Waals surface area contributed by atoms with Gasteiger partial charge in [-0.05, 0) is 38.6 Å². The maximum absolute atomic E-state index is 6.24. The Labute approximate surface area is 193 Å². The van der Waals surface area contributed by atoms with Crippen molar-refractivity contribution in [3.63, 3.8) is 0 Å². The molecule has 0 unspecified atom stereocenters. The third-order valence-electron chi connectivity index (χ3n) is 6.12. The van der Waals surface area contributed by atoms with Crippen LogP contribution in [-0.2, 0) is 6.54 Å². The molecule has 3 aromatic heterocycles. The summed E-state index contributed by atoms with van der Waals surface area (Å²) in [6.45, 7) is 6.65. The van der Waals surface area contributed by atoms with Crippen molar-refractivity contribution in [1.82, 2.24) is 30.2 Å². The van der Waals surface area contributed by atoms with Gasteiger partial charge in [0.2, 0.25) is 11.8 Å². The SMILES string of the molecule is CC(C)c1cc(CNc2nc(Nc3cc(C4CC4)[nH]n3)cc(OC3CCN(C)CC3)n2)on1. The van der Waals surface area contributed by atoms with Crippen molar-refractivity contribution in [2.75, 3.05) is 30.8 Å². The van der Waals surface area contributed by atoms with E-state index < -0.39 is 0 Å². The first-order valence-corrected chi connectivity index (χ1v) is 11.8. The Balaban J connectivity index is 1.31. The summed E-state index contributed by atoms with van der Waals surface area (Å²) >= 11 is 0. The maximum Gasteiger partial charge on any atom is 0.228 e. The number of hydrogen-bond donors (Lipinski definition) is 3. The Bertz CT molecular complexity index is 1070. The van der Waals surface area contributed by atoms with Crippen LogP contribution in [0.4, 0.5) is 17.6 Å². The number of nitrogens with zero attached hydrogens (tertiary/aromatic N) is 5. The lowest BCUT2D eigenvalue weighted by Crippen LogP contribution is -2.35. The smallest absolute Gasteiger partial charge is 0.228 e. The number of nitrogens with one attached hydrogen (secondary N) is 3. The normalized spacial score (nSPS) is 17.5. The lowest BCUT2D eigenvalue weighted by molar-refractivity contribution is 0.110. The van der Waals surface area contributed by atoms with Gasteiger partial charge in [-0.25, -0.2) is 0 Å². The van der Waals surface area contributed by atoms with E-state index in [1.807, 2.05) is 18.2 Å². The van der Waals surface area contributed by atoms with Crippen LogP contribution in [0.2, 0.25) is 0 Å². The summed E-state index contributed by atoms with van der Waals surface area (Å²) in [6.07, 6.45) is 4.54. The summed E-state index contributed by atoms with van der Waals surface area (Å²) in [5, 5.41) is 18.2. The number of aromatic nitrogens is 5. The van der Waals surface area contributed by atoms with Crippen LogP contribution in [0, 0.1) is 0 Å². The number of rotatable bonds is 9. The molecule has 5 rings (SSSR count). The molecule has 0 aromatic carbocycles. The van der Waals surface area contributed by atoms with Crippen molar-refractivity contribution in [2.45, 2.75) is 64.0 Å². The van der Waals surface area contributed by atoms with E-state index in [0.717, 1.165) is 43.2 Å². The Morgan fingerprint density at radius 1 is 1.12 bits per heavy atom. The number of hydrogen-bond acceptors (Lipinski definition) is 9. The van der Waals surface area contributed by atoms with Crippen LogP contribution in [-0.4, -0.2) is 56.5 Å². The largest absolute Gasteiger partial charge is 0.474 e. The summed E-state index contributed by atoms with van der Waals surface area (Å²) < 4.78 is 11.7. The van der Waals surface area contributed by atoms with Crippen molar-refractivity contribution in [3.8, 4) is 5.88 Å². The molecule has 1 aliphatic heterocycles. The van der Waals surface area contributed by atoms with Crippen LogP contribution < -0.4 is 15.4 Å². The summed E-state index contributed by atoms with van der Waals surface area (Å²) in [7, 11) is 2.14. The average molecular weight is 453 g/mol. The molecule has 2 fully saturated rings. The van der Waals surface area contributed by atoms with Crippen LogP contribution >= 0.6 is 0 Å². The fourth-order valence-corrected chi connectivity index (χ4v) is 3.89. The molecule has 0 amide bonds. The first kappa shape index (κ1) is 21.7. The second kappa shape index (κ2) is 9.38. The summed E-state index contributed by atoms with van der Waals surface area (Å²) in [6, 6.07) is 5.84. The number of piperidine rings is 1. The van der Waals surface area contributed by atoms with E-state index in [4.69, 9.17) is 9.26 Å². The van der Waals surface area contributed by atoms with Gasteiger partial charge in [-0.15, -0.1) is 0 Å². The average Bonchev–Trinajstić information content (AvgIpc) is 3.34. The molecule has 10 heteroatoms. The molecule has 33 heavy (non-hydrogen) atoms. The number of anilines is 3. The molecule has 4 heterocycles. The van der Waals surface area contributed by atoms with Gasteiger partial charge in [0.25, 0.3) is 0 Å². The molecule has 176 valence electrons. The zero-order valence-electron chi connectivity index (χ0n) is 19.5. The van der Waals surface area contributed by atoms with Gasteiger partial charge in [0, 0.05) is 42.9 Å². The van der Waals surface area contributed by atoms with E-state index in [1.54, 1.807) is 0 Å². The maximum atomic E-state index is 6.24. The zero-order chi connectivity index (χ0) is 22.8. The van der Waals surface area contributed by atoms with E-state index in [2.05, 4.69) is 61.8 Å². The number of likely N-dealkylation sites (tertiary alicyclic amines) is 1. The second-order valence-corrected chi connectivity index (χ2v) is 9.37. The van der Waals surface area contributed by atoms with Gasteiger partial charge >= 0.3 is 0 Å². The van der Waals surface area contributed by atoms with Crippen LogP contribution in [0.15, 0.2) is 22.7 Å². The Morgan fingerprint density at radius 2 is 1.94 bits per heavy atom. The predicted molar refractivity (Wildman–Crippen MR) is 125 cm³/mol. The number of ether oxygens (including phenoxy) is 1. The van der Waals surface area contributed by atoms with Crippen molar-refractivity contribution < 1.29 is 9.26 Å². The molecule has 1 saturated heterocycles. The molecule has 0 atom stereocenters. The van der Waals surface area contributed by atoms with E-state index in [-0.39, 0.29) is 6.10 Å². The minimum absolute atomic E-state index is 0.145. The first-order chi connectivity index (χ1) is 16.0. The van der Waals surface area contributed by atoms with Crippen LogP contribution in [0.3, 0.4) is 0 Å². The molecular formula is C23H32N8O2. The van der Waals surface area contributed by atoms with Gasteiger partial charge < -0.3 is 24.8 Å². The Kier molecular flexibility index (Phi) is 6.17. The highest BCUT2D eigenvalue weighted by Gasteiger charge is 2.25. The lowest BCUT2D eigenvalue weighted by Gasteiger charge is -2.29. The molecule has 3 N–H and O–H groups in total. The second-order valence-electron chi connectivity index (χ2n) is 9.37. The van der Waals surface area contributed by atoms with Gasteiger partial charge in [-0.1, -0.05) is 19.0 Å². The van der Waals surface area contributed by atoms with E-state index in [0.29, 0.717) is 36.0 Å². The fraction of sp³-hybridized carbons (Fsp3) is 0.565. The molecule has 1 saturated carbocycles. The Hall–Kier alpha value is -3.14. The third-order valence-corrected chi connectivity index (χ3v) is 6.12. The molecule has 0 spiro atoms. The quantitative estimate of drug-likeness (QED) is 0.442. The third kappa shape index (κ3) is 5.62. The van der Waals surface area contributed by atoms with Crippen molar-refractivity contribution in [3.05, 3.63) is 35.3 Å². The molecule has 2 aliphatic rings. The van der Waals surface area contributed by atoms with Gasteiger partial charge in [-0.3, -0.25) is 5.10 Å². The summed E-state index contributed by atoms with van der Waals surface area (Å²) in [5.74, 6) is 4.03. The standard InChI is InChI=1S/C23H32N8O2/c1-14(2)18-10-17(33-30-18)13-24-23-26-20(25-21-11-19(28-29-21)15-4-5-15)12-22(27-23)32-16-6-8-31(3)9-7-16/h10-12,14-16H,4-9,13H2,1-3H3,(H3,24,25,26,27,28,29). The number of H-pyrrole nitrogens is 1. The van der Waals surface area contributed by atoms with E-state index in [1.165, 1.54) is 18.5 Å². The van der Waals surface area contributed by atoms with Crippen molar-refractivity contribution in [2.24, 2.45) is 0 Å². The molecule has 0 bridgehead atoms. The highest BCUT2D eigenvalue weighted by molar-refractivity contribution is 5.55. The molecular weight excluding hydrogens is 420 g/mol. The highest BCUT2D eigenvalue weighted by atomic mass is 16.5. The number of aromatic amines is 1. The van der Waals surface area contributed by atoms with Crippen molar-refractivity contribution >= 4 is 17.6 Å². The van der Waals surface area contributed by atoms with Gasteiger partial charge in [0.1, 0.15) is 11.9 Å². The van der Waals surface area contributed by atoms with Gasteiger partial charge in [-0.2, -0.15) is 15.1 Å². The van der Waals surface area contributed by atoms with Crippen LogP contribution in [0.5, 0.6) is 5.88 Å². The monoisotopic (exact) mass is 452 g/mol.